The standard InChI is InChI=1S/C24H32N4O3/c1-5-17(3)21-9-7-8-10-22(21)27-24(31)16-28(6-2)15-23(30)26-20-13-11-19(12-14-20)25-18(4)29/h7-14,17H,5-6,15-16H2,1-4H3,(H,25,29)(H,26,30)(H,27,31)/t17-/m0/s1. The van der Waals surface area contributed by atoms with Crippen LogP contribution in [0.25, 0.3) is 0 Å². The maximum atomic E-state index is 12.6. The fourth-order valence-electron chi connectivity index (χ4n) is 3.18. The van der Waals surface area contributed by atoms with E-state index in [4.69, 9.17) is 0 Å². The van der Waals surface area contributed by atoms with Crippen LogP contribution in [0.5, 0.6) is 0 Å². The van der Waals surface area contributed by atoms with Gasteiger partial charge in [-0.1, -0.05) is 39.0 Å². The van der Waals surface area contributed by atoms with Gasteiger partial charge in [0, 0.05) is 24.0 Å². The lowest BCUT2D eigenvalue weighted by molar-refractivity contribution is -0.120. The summed E-state index contributed by atoms with van der Waals surface area (Å²) in [5.41, 5.74) is 3.22. The summed E-state index contributed by atoms with van der Waals surface area (Å²) in [6.07, 6.45) is 0.986. The molecule has 0 saturated heterocycles. The highest BCUT2D eigenvalue weighted by atomic mass is 16.2. The maximum Gasteiger partial charge on any atom is 0.238 e. The van der Waals surface area contributed by atoms with Crippen LogP contribution in [0.15, 0.2) is 48.5 Å². The minimum atomic E-state index is -0.207. The number of nitrogens with one attached hydrogen (secondary N) is 3. The molecule has 2 aromatic rings. The molecule has 0 saturated carbocycles. The van der Waals surface area contributed by atoms with Gasteiger partial charge < -0.3 is 16.0 Å². The third kappa shape index (κ3) is 7.86. The van der Waals surface area contributed by atoms with Crippen molar-refractivity contribution in [3.8, 4) is 0 Å². The highest BCUT2D eigenvalue weighted by molar-refractivity contribution is 5.95. The fourth-order valence-corrected chi connectivity index (χ4v) is 3.18. The summed E-state index contributed by atoms with van der Waals surface area (Å²) in [6.45, 7) is 8.40. The Kier molecular flexibility index (Phi) is 9.21. The molecule has 0 heterocycles. The molecule has 7 nitrogen and oxygen atoms in total. The van der Waals surface area contributed by atoms with Crippen molar-refractivity contribution >= 4 is 34.8 Å². The number of hydrogen-bond donors (Lipinski definition) is 3. The molecule has 2 aromatic carbocycles. The first kappa shape index (κ1) is 24.1. The summed E-state index contributed by atoms with van der Waals surface area (Å²) in [7, 11) is 0. The minimum absolute atomic E-state index is 0.102. The summed E-state index contributed by atoms with van der Waals surface area (Å²) in [5.74, 6) is -0.158. The van der Waals surface area contributed by atoms with Crippen LogP contribution >= 0.6 is 0 Å². The Bertz CT molecular complexity index is 896. The van der Waals surface area contributed by atoms with E-state index >= 15 is 0 Å². The first-order chi connectivity index (χ1) is 14.8. The Balaban J connectivity index is 1.90. The third-order valence-corrected chi connectivity index (χ3v) is 5.05. The van der Waals surface area contributed by atoms with Crippen LogP contribution in [0, 0.1) is 0 Å². The van der Waals surface area contributed by atoms with E-state index in [1.54, 1.807) is 29.2 Å². The van der Waals surface area contributed by atoms with E-state index in [1.165, 1.54) is 6.92 Å². The molecule has 0 spiro atoms. The van der Waals surface area contributed by atoms with Crippen LogP contribution in [-0.2, 0) is 14.4 Å². The van der Waals surface area contributed by atoms with Gasteiger partial charge in [-0.3, -0.25) is 19.3 Å². The lowest BCUT2D eigenvalue weighted by Gasteiger charge is -2.21. The molecule has 0 aliphatic heterocycles. The van der Waals surface area contributed by atoms with Crippen LogP contribution in [0.4, 0.5) is 17.1 Å². The molecule has 0 aromatic heterocycles. The smallest absolute Gasteiger partial charge is 0.238 e. The topological polar surface area (TPSA) is 90.5 Å². The summed E-state index contributed by atoms with van der Waals surface area (Å²) in [5, 5.41) is 8.48. The number of amides is 3. The molecule has 0 unspecified atom stereocenters. The molecular formula is C24H32N4O3. The molecular weight excluding hydrogens is 392 g/mol. The van der Waals surface area contributed by atoms with Gasteiger partial charge in [0.25, 0.3) is 0 Å². The normalized spacial score (nSPS) is 11.6. The molecule has 0 radical (unpaired) electrons. The minimum Gasteiger partial charge on any atom is -0.326 e. The lowest BCUT2D eigenvalue weighted by atomic mass is 9.97. The van der Waals surface area contributed by atoms with E-state index in [-0.39, 0.29) is 30.8 Å². The van der Waals surface area contributed by atoms with E-state index in [2.05, 4.69) is 29.8 Å². The molecule has 166 valence electrons. The zero-order valence-electron chi connectivity index (χ0n) is 18.7. The van der Waals surface area contributed by atoms with Crippen molar-refractivity contribution < 1.29 is 14.4 Å². The number of hydrogen-bond acceptors (Lipinski definition) is 4. The average Bonchev–Trinajstić information content (AvgIpc) is 2.74. The Morgan fingerprint density at radius 1 is 0.839 bits per heavy atom. The van der Waals surface area contributed by atoms with Gasteiger partial charge in [0.1, 0.15) is 0 Å². The molecule has 2 rings (SSSR count). The number of nitrogens with zero attached hydrogens (tertiary/aromatic N) is 1. The van der Waals surface area contributed by atoms with Crippen molar-refractivity contribution in [1.82, 2.24) is 4.90 Å². The first-order valence-electron chi connectivity index (χ1n) is 10.6. The first-order valence-corrected chi connectivity index (χ1v) is 10.6. The van der Waals surface area contributed by atoms with Crippen molar-refractivity contribution in [2.75, 3.05) is 35.6 Å². The molecule has 7 heteroatoms. The fraction of sp³-hybridized carbons (Fsp3) is 0.375. The summed E-state index contributed by atoms with van der Waals surface area (Å²) < 4.78 is 0. The number of rotatable bonds is 10. The quantitative estimate of drug-likeness (QED) is 0.536. The molecule has 3 amide bonds. The monoisotopic (exact) mass is 424 g/mol. The summed E-state index contributed by atoms with van der Waals surface area (Å²) >= 11 is 0. The van der Waals surface area contributed by atoms with E-state index in [9.17, 15) is 14.4 Å². The number of benzene rings is 2. The Morgan fingerprint density at radius 3 is 1.94 bits per heavy atom. The maximum absolute atomic E-state index is 12.6. The van der Waals surface area contributed by atoms with Crippen LogP contribution in [0.1, 0.15) is 45.6 Å². The van der Waals surface area contributed by atoms with Crippen molar-refractivity contribution in [2.24, 2.45) is 0 Å². The zero-order valence-corrected chi connectivity index (χ0v) is 18.7. The van der Waals surface area contributed by atoms with Gasteiger partial charge in [0.15, 0.2) is 0 Å². The van der Waals surface area contributed by atoms with Gasteiger partial charge in [-0.25, -0.2) is 0 Å². The molecule has 0 fully saturated rings. The van der Waals surface area contributed by atoms with Gasteiger partial charge >= 0.3 is 0 Å². The molecule has 3 N–H and O–H groups in total. The average molecular weight is 425 g/mol. The van der Waals surface area contributed by atoms with E-state index < -0.39 is 0 Å². The van der Waals surface area contributed by atoms with E-state index in [0.29, 0.717) is 23.8 Å². The van der Waals surface area contributed by atoms with Gasteiger partial charge in [0.05, 0.1) is 13.1 Å². The van der Waals surface area contributed by atoms with E-state index in [1.807, 2.05) is 31.2 Å². The second kappa shape index (κ2) is 11.9. The highest BCUT2D eigenvalue weighted by Crippen LogP contribution is 2.26. The van der Waals surface area contributed by atoms with Gasteiger partial charge in [0.2, 0.25) is 17.7 Å². The number of carbonyl (C=O) groups excluding carboxylic acids is 3. The number of likely N-dealkylation sites (N-methyl/N-ethyl adjacent to an activating group) is 1. The molecule has 0 bridgehead atoms. The van der Waals surface area contributed by atoms with Gasteiger partial charge in [-0.05, 0) is 54.8 Å². The second-order valence-corrected chi connectivity index (χ2v) is 7.55. The highest BCUT2D eigenvalue weighted by Gasteiger charge is 2.16. The largest absolute Gasteiger partial charge is 0.326 e. The summed E-state index contributed by atoms with van der Waals surface area (Å²) in [4.78, 5) is 37.9. The zero-order chi connectivity index (χ0) is 22.8. The van der Waals surface area contributed by atoms with Gasteiger partial charge in [-0.15, -0.1) is 0 Å². The van der Waals surface area contributed by atoms with Crippen LogP contribution in [0.2, 0.25) is 0 Å². The second-order valence-electron chi connectivity index (χ2n) is 7.55. The summed E-state index contributed by atoms with van der Waals surface area (Å²) in [6, 6.07) is 14.7. The number of anilines is 3. The van der Waals surface area contributed by atoms with Crippen molar-refractivity contribution in [3.63, 3.8) is 0 Å². The Labute approximate surface area is 184 Å². The lowest BCUT2D eigenvalue weighted by Crippen LogP contribution is -2.38. The van der Waals surface area contributed by atoms with Gasteiger partial charge in [-0.2, -0.15) is 0 Å². The number of carbonyl (C=O) groups is 3. The van der Waals surface area contributed by atoms with Crippen LogP contribution in [0.3, 0.4) is 0 Å². The predicted octanol–water partition coefficient (Wildman–Crippen LogP) is 4.06. The molecule has 1 atom stereocenters. The predicted molar refractivity (Wildman–Crippen MR) is 125 cm³/mol. The molecule has 0 aliphatic rings. The van der Waals surface area contributed by atoms with Crippen molar-refractivity contribution in [3.05, 3.63) is 54.1 Å². The third-order valence-electron chi connectivity index (χ3n) is 5.05. The molecule has 31 heavy (non-hydrogen) atoms. The van der Waals surface area contributed by atoms with E-state index in [0.717, 1.165) is 17.7 Å². The Hall–Kier alpha value is -3.19. The molecule has 0 aliphatic carbocycles. The van der Waals surface area contributed by atoms with Crippen molar-refractivity contribution in [1.29, 1.82) is 0 Å². The van der Waals surface area contributed by atoms with Crippen LogP contribution < -0.4 is 16.0 Å². The van der Waals surface area contributed by atoms with Crippen molar-refractivity contribution in [2.45, 2.75) is 40.0 Å². The van der Waals surface area contributed by atoms with Crippen LogP contribution in [-0.4, -0.2) is 42.3 Å². The number of para-hydroxylation sites is 1. The SMILES string of the molecule is CC[C@H](C)c1ccccc1NC(=O)CN(CC)CC(=O)Nc1ccc(NC(C)=O)cc1. The Morgan fingerprint density at radius 2 is 1.39 bits per heavy atom.